The van der Waals surface area contributed by atoms with Crippen molar-refractivity contribution in [3.05, 3.63) is 102 Å². The summed E-state index contributed by atoms with van der Waals surface area (Å²) in [6.07, 6.45) is 3.84. The Bertz CT molecular complexity index is 1230. The molecule has 0 fully saturated rings. The summed E-state index contributed by atoms with van der Waals surface area (Å²) in [5, 5.41) is 5.78. The minimum Gasteiger partial charge on any atom is -0.457 e. The maximum Gasteiger partial charge on any atom is 0.337 e. The third-order valence-electron chi connectivity index (χ3n) is 4.90. The molecule has 0 aliphatic heterocycles. The Kier molecular flexibility index (Phi) is 6.48. The molecule has 7 nitrogen and oxygen atoms in total. The Labute approximate surface area is 185 Å². The number of nitrogens with one attached hydrogen (secondary N) is 2. The molecule has 0 saturated carbocycles. The smallest absolute Gasteiger partial charge is 0.337 e. The highest BCUT2D eigenvalue weighted by atomic mass is 16.5. The van der Waals surface area contributed by atoms with E-state index >= 15 is 0 Å². The summed E-state index contributed by atoms with van der Waals surface area (Å²) in [6, 6.07) is 24.0. The minimum absolute atomic E-state index is 0.0601. The van der Waals surface area contributed by atoms with E-state index in [1.807, 2.05) is 54.6 Å². The van der Waals surface area contributed by atoms with Gasteiger partial charge in [-0.25, -0.2) is 4.79 Å². The average Bonchev–Trinajstić information content (AvgIpc) is 3.20. The zero-order valence-corrected chi connectivity index (χ0v) is 17.7. The van der Waals surface area contributed by atoms with E-state index in [9.17, 15) is 9.59 Å². The largest absolute Gasteiger partial charge is 0.457 e. The number of carbonyl (C=O) groups excluding carboxylic acids is 1. The first-order chi connectivity index (χ1) is 15.6. The molecule has 4 rings (SSSR count). The second-order valence-electron chi connectivity index (χ2n) is 7.18. The number of amides is 1. The van der Waals surface area contributed by atoms with Gasteiger partial charge in [-0.2, -0.15) is 0 Å². The molecular formula is C25H24N4O3. The third kappa shape index (κ3) is 4.96. The highest BCUT2D eigenvalue weighted by Gasteiger charge is 2.08. The van der Waals surface area contributed by atoms with Crippen molar-refractivity contribution in [3.8, 4) is 22.9 Å². The number of carbonyl (C=O) groups is 1. The fraction of sp³-hybridized carbons (Fsp3) is 0.120. The second kappa shape index (κ2) is 9.80. The Morgan fingerprint density at radius 2 is 1.38 bits per heavy atom. The monoisotopic (exact) mass is 428 g/mol. The van der Waals surface area contributed by atoms with Gasteiger partial charge in [0.15, 0.2) is 0 Å². The van der Waals surface area contributed by atoms with Gasteiger partial charge in [0.25, 0.3) is 0 Å². The van der Waals surface area contributed by atoms with E-state index in [1.54, 1.807) is 52.8 Å². The molecule has 2 N–H and O–H groups in total. The van der Waals surface area contributed by atoms with Gasteiger partial charge in [-0.15, -0.1) is 0 Å². The van der Waals surface area contributed by atoms with Crippen LogP contribution >= 0.6 is 0 Å². The first kappa shape index (κ1) is 21.1. The van der Waals surface area contributed by atoms with E-state index in [2.05, 4.69) is 10.6 Å². The zero-order valence-electron chi connectivity index (χ0n) is 17.7. The van der Waals surface area contributed by atoms with Crippen LogP contribution in [0.1, 0.15) is 6.42 Å². The van der Waals surface area contributed by atoms with E-state index in [4.69, 9.17) is 4.74 Å². The van der Waals surface area contributed by atoms with Crippen LogP contribution in [-0.4, -0.2) is 28.6 Å². The minimum atomic E-state index is -0.187. The third-order valence-corrected chi connectivity index (χ3v) is 4.90. The molecule has 1 heterocycles. The topological polar surface area (TPSA) is 77.3 Å². The summed E-state index contributed by atoms with van der Waals surface area (Å²) in [4.78, 5) is 24.8. The van der Waals surface area contributed by atoms with E-state index in [0.29, 0.717) is 30.1 Å². The highest BCUT2D eigenvalue weighted by molar-refractivity contribution is 5.90. The molecule has 4 aromatic rings. The van der Waals surface area contributed by atoms with Crippen LogP contribution < -0.4 is 21.1 Å². The lowest BCUT2D eigenvalue weighted by Crippen LogP contribution is -2.21. The van der Waals surface area contributed by atoms with Gasteiger partial charge in [0, 0.05) is 31.0 Å². The maximum absolute atomic E-state index is 12.9. The number of aromatic nitrogens is 2. The van der Waals surface area contributed by atoms with Crippen LogP contribution in [0.3, 0.4) is 0 Å². The van der Waals surface area contributed by atoms with Crippen molar-refractivity contribution in [2.75, 3.05) is 18.9 Å². The number of imidazole rings is 1. The summed E-state index contributed by atoms with van der Waals surface area (Å²) in [5.41, 5.74) is 1.96. The molecule has 0 spiro atoms. The molecule has 0 unspecified atom stereocenters. The van der Waals surface area contributed by atoms with E-state index in [-0.39, 0.29) is 11.6 Å². The lowest BCUT2D eigenvalue weighted by molar-refractivity contribution is -0.116. The quantitative estimate of drug-likeness (QED) is 0.445. The predicted molar refractivity (Wildman–Crippen MR) is 125 cm³/mol. The van der Waals surface area contributed by atoms with Crippen molar-refractivity contribution in [1.82, 2.24) is 14.5 Å². The first-order valence-corrected chi connectivity index (χ1v) is 10.3. The average molecular weight is 428 g/mol. The normalized spacial score (nSPS) is 10.7. The summed E-state index contributed by atoms with van der Waals surface area (Å²) < 4.78 is 8.93. The number of hydrogen-bond acceptors (Lipinski definition) is 4. The molecule has 0 aliphatic carbocycles. The van der Waals surface area contributed by atoms with Crippen LogP contribution in [0.25, 0.3) is 11.4 Å². The lowest BCUT2D eigenvalue weighted by atomic mass is 10.2. The van der Waals surface area contributed by atoms with Gasteiger partial charge in [0.1, 0.15) is 11.5 Å². The molecule has 0 radical (unpaired) electrons. The van der Waals surface area contributed by atoms with Crippen molar-refractivity contribution < 1.29 is 9.53 Å². The summed E-state index contributed by atoms with van der Waals surface area (Å²) in [6.45, 7) is 0.617. The van der Waals surface area contributed by atoms with Gasteiger partial charge < -0.3 is 15.4 Å². The number of anilines is 1. The Morgan fingerprint density at radius 3 is 1.97 bits per heavy atom. The summed E-state index contributed by atoms with van der Waals surface area (Å²) in [5.74, 6) is 1.39. The molecule has 0 atom stereocenters. The van der Waals surface area contributed by atoms with Gasteiger partial charge in [-0.1, -0.05) is 18.2 Å². The van der Waals surface area contributed by atoms with E-state index in [0.717, 1.165) is 11.4 Å². The van der Waals surface area contributed by atoms with Crippen molar-refractivity contribution >= 4 is 11.6 Å². The standard InChI is InChI=1S/C25H24N4O3/c1-26-16-15-24(30)27-19-7-9-20(10-8-19)28-17-18-29(25(28)31)21-11-13-23(14-12-21)32-22-5-3-2-4-6-22/h2-14,17-18,26H,15-16H2,1H3,(H,27,30). The number of ether oxygens (including phenoxy) is 1. The van der Waals surface area contributed by atoms with Crippen LogP contribution in [-0.2, 0) is 4.79 Å². The Hall–Kier alpha value is -4.10. The van der Waals surface area contributed by atoms with Gasteiger partial charge in [-0.3, -0.25) is 13.9 Å². The fourth-order valence-electron chi connectivity index (χ4n) is 3.24. The molecule has 0 saturated heterocycles. The molecule has 3 aromatic carbocycles. The lowest BCUT2D eigenvalue weighted by Gasteiger charge is -2.08. The fourth-order valence-corrected chi connectivity index (χ4v) is 3.24. The van der Waals surface area contributed by atoms with Crippen LogP contribution in [0, 0.1) is 0 Å². The molecule has 0 aliphatic rings. The zero-order chi connectivity index (χ0) is 22.3. The Balaban J connectivity index is 1.47. The molecule has 32 heavy (non-hydrogen) atoms. The number of benzene rings is 3. The van der Waals surface area contributed by atoms with Crippen LogP contribution in [0.4, 0.5) is 5.69 Å². The summed E-state index contributed by atoms with van der Waals surface area (Å²) >= 11 is 0. The van der Waals surface area contributed by atoms with E-state index in [1.165, 1.54) is 0 Å². The van der Waals surface area contributed by atoms with E-state index < -0.39 is 0 Å². The SMILES string of the molecule is CNCCC(=O)Nc1ccc(-n2ccn(-c3ccc(Oc4ccccc4)cc3)c2=O)cc1. The molecular weight excluding hydrogens is 404 g/mol. The van der Waals surface area contributed by atoms with Crippen LogP contribution in [0.5, 0.6) is 11.5 Å². The van der Waals surface area contributed by atoms with Crippen molar-refractivity contribution in [1.29, 1.82) is 0 Å². The molecule has 7 heteroatoms. The Morgan fingerprint density at radius 1 is 0.812 bits per heavy atom. The van der Waals surface area contributed by atoms with Crippen LogP contribution in [0.2, 0.25) is 0 Å². The number of hydrogen-bond donors (Lipinski definition) is 2. The van der Waals surface area contributed by atoms with Crippen molar-refractivity contribution in [2.24, 2.45) is 0 Å². The second-order valence-corrected chi connectivity index (χ2v) is 7.18. The van der Waals surface area contributed by atoms with Crippen LogP contribution in [0.15, 0.2) is 96.1 Å². The van der Waals surface area contributed by atoms with Gasteiger partial charge in [0.2, 0.25) is 5.91 Å². The first-order valence-electron chi connectivity index (χ1n) is 10.3. The number of nitrogens with zero attached hydrogens (tertiary/aromatic N) is 2. The molecule has 0 bridgehead atoms. The number of rotatable bonds is 8. The predicted octanol–water partition coefficient (Wildman–Crippen LogP) is 3.97. The van der Waals surface area contributed by atoms with Crippen molar-refractivity contribution in [3.63, 3.8) is 0 Å². The summed E-state index contributed by atoms with van der Waals surface area (Å²) in [7, 11) is 1.80. The van der Waals surface area contributed by atoms with Gasteiger partial charge in [0.05, 0.1) is 11.4 Å². The number of para-hydroxylation sites is 1. The van der Waals surface area contributed by atoms with Gasteiger partial charge in [-0.05, 0) is 67.7 Å². The molecule has 1 aromatic heterocycles. The molecule has 1 amide bonds. The van der Waals surface area contributed by atoms with Crippen molar-refractivity contribution in [2.45, 2.75) is 6.42 Å². The maximum atomic E-state index is 12.9. The molecule has 162 valence electrons. The van der Waals surface area contributed by atoms with Gasteiger partial charge >= 0.3 is 5.69 Å². The highest BCUT2D eigenvalue weighted by Crippen LogP contribution is 2.22.